The van der Waals surface area contributed by atoms with Crippen molar-refractivity contribution in [2.24, 2.45) is 0 Å². The van der Waals surface area contributed by atoms with Crippen molar-refractivity contribution in [3.63, 3.8) is 0 Å². The van der Waals surface area contributed by atoms with E-state index in [1.54, 1.807) is 35.5 Å². The van der Waals surface area contributed by atoms with Gasteiger partial charge in [0.05, 0.1) is 6.54 Å². The van der Waals surface area contributed by atoms with E-state index < -0.39 is 0 Å². The molecule has 0 unspecified atom stereocenters. The first-order valence-electron chi connectivity index (χ1n) is 8.36. The summed E-state index contributed by atoms with van der Waals surface area (Å²) < 4.78 is 17.4. The van der Waals surface area contributed by atoms with Gasteiger partial charge in [0.15, 0.2) is 5.82 Å². The number of hydrogen-bond acceptors (Lipinski definition) is 4. The molecule has 0 saturated carbocycles. The summed E-state index contributed by atoms with van der Waals surface area (Å²) in [5.41, 5.74) is 2.26. The molecule has 0 radical (unpaired) electrons. The summed E-state index contributed by atoms with van der Waals surface area (Å²) in [5.74, 6) is 1.08. The fourth-order valence-corrected chi connectivity index (χ4v) is 2.75. The molecule has 7 heteroatoms. The molecule has 3 heterocycles. The van der Waals surface area contributed by atoms with Crippen LogP contribution in [0.15, 0.2) is 61.4 Å². The first-order valence-corrected chi connectivity index (χ1v) is 8.36. The number of aryl methyl sites for hydroxylation is 1. The van der Waals surface area contributed by atoms with E-state index in [1.807, 2.05) is 29.1 Å². The zero-order chi connectivity index (χ0) is 17.9. The molecule has 1 aromatic carbocycles. The summed E-state index contributed by atoms with van der Waals surface area (Å²) in [6.07, 6.45) is 9.70. The molecular formula is C19H17FN6. The van der Waals surface area contributed by atoms with Crippen LogP contribution < -0.4 is 0 Å². The molecule has 3 aromatic heterocycles. The largest absolute Gasteiger partial charge is 0.290 e. The zero-order valence-electron chi connectivity index (χ0n) is 14.2. The van der Waals surface area contributed by atoms with Crippen LogP contribution in [0.3, 0.4) is 0 Å². The maximum Gasteiger partial charge on any atom is 0.182 e. The van der Waals surface area contributed by atoms with E-state index >= 15 is 0 Å². The van der Waals surface area contributed by atoms with Gasteiger partial charge in [0.25, 0.3) is 0 Å². The van der Waals surface area contributed by atoms with E-state index in [0.717, 1.165) is 17.8 Å². The molecule has 0 N–H and O–H groups in total. The van der Waals surface area contributed by atoms with Crippen molar-refractivity contribution in [3.05, 3.63) is 78.4 Å². The van der Waals surface area contributed by atoms with Gasteiger partial charge in [-0.25, -0.2) is 19.3 Å². The number of halogens is 1. The highest BCUT2D eigenvalue weighted by atomic mass is 19.1. The standard InChI is InChI=1S/C19H17FN6/c1-2-14-11-22-18(23-19(14)25-10-8-21-13-25)17-7-9-26(24-17)12-15-5-3-4-6-16(15)20/h3-11,13H,2,12H2,1H3. The molecule has 0 saturated heterocycles. The Bertz CT molecular complexity index is 1020. The van der Waals surface area contributed by atoms with Gasteiger partial charge in [-0.05, 0) is 18.6 Å². The fourth-order valence-electron chi connectivity index (χ4n) is 2.75. The Morgan fingerprint density at radius 2 is 1.96 bits per heavy atom. The molecule has 0 atom stereocenters. The third-order valence-electron chi connectivity index (χ3n) is 4.13. The van der Waals surface area contributed by atoms with Crippen molar-refractivity contribution >= 4 is 0 Å². The molecule has 4 rings (SSSR count). The monoisotopic (exact) mass is 348 g/mol. The van der Waals surface area contributed by atoms with Crippen LogP contribution >= 0.6 is 0 Å². The van der Waals surface area contributed by atoms with Crippen molar-refractivity contribution < 1.29 is 4.39 Å². The Kier molecular flexibility index (Phi) is 4.27. The molecular weight excluding hydrogens is 331 g/mol. The second-order valence-electron chi connectivity index (χ2n) is 5.86. The normalized spacial score (nSPS) is 11.0. The summed E-state index contributed by atoms with van der Waals surface area (Å²) in [6.45, 7) is 2.41. The summed E-state index contributed by atoms with van der Waals surface area (Å²) in [4.78, 5) is 13.2. The smallest absolute Gasteiger partial charge is 0.182 e. The van der Waals surface area contributed by atoms with Crippen molar-refractivity contribution in [2.45, 2.75) is 19.9 Å². The van der Waals surface area contributed by atoms with Gasteiger partial charge in [-0.15, -0.1) is 0 Å². The Labute approximate surface area is 150 Å². The number of nitrogens with zero attached hydrogens (tertiary/aromatic N) is 6. The van der Waals surface area contributed by atoms with Crippen LogP contribution in [-0.4, -0.2) is 29.3 Å². The van der Waals surface area contributed by atoms with Crippen LogP contribution in [-0.2, 0) is 13.0 Å². The second-order valence-corrected chi connectivity index (χ2v) is 5.86. The van der Waals surface area contributed by atoms with Gasteiger partial charge >= 0.3 is 0 Å². The molecule has 4 aromatic rings. The number of rotatable bonds is 5. The van der Waals surface area contributed by atoms with Gasteiger partial charge in [0, 0.05) is 35.9 Å². The van der Waals surface area contributed by atoms with Crippen LogP contribution in [0.25, 0.3) is 17.3 Å². The minimum atomic E-state index is -0.240. The second kappa shape index (κ2) is 6.87. The van der Waals surface area contributed by atoms with Gasteiger partial charge in [0.1, 0.15) is 23.7 Å². The lowest BCUT2D eigenvalue weighted by atomic mass is 10.2. The highest BCUT2D eigenvalue weighted by molar-refractivity contribution is 5.51. The van der Waals surface area contributed by atoms with Crippen LogP contribution in [0.2, 0.25) is 0 Å². The molecule has 130 valence electrons. The zero-order valence-corrected chi connectivity index (χ0v) is 14.2. The Morgan fingerprint density at radius 3 is 2.73 bits per heavy atom. The van der Waals surface area contributed by atoms with Gasteiger partial charge in [-0.2, -0.15) is 5.10 Å². The van der Waals surface area contributed by atoms with E-state index in [2.05, 4.69) is 27.0 Å². The van der Waals surface area contributed by atoms with Crippen molar-refractivity contribution in [1.29, 1.82) is 0 Å². The Hall–Kier alpha value is -3.35. The maximum absolute atomic E-state index is 13.8. The summed E-state index contributed by atoms with van der Waals surface area (Å²) in [7, 11) is 0. The lowest BCUT2D eigenvalue weighted by Crippen LogP contribution is -2.05. The summed E-state index contributed by atoms with van der Waals surface area (Å²) in [6, 6.07) is 8.52. The Morgan fingerprint density at radius 1 is 1.08 bits per heavy atom. The van der Waals surface area contributed by atoms with Gasteiger partial charge in [-0.1, -0.05) is 25.1 Å². The number of hydrogen-bond donors (Lipinski definition) is 0. The number of aromatic nitrogens is 6. The molecule has 6 nitrogen and oxygen atoms in total. The van der Waals surface area contributed by atoms with Crippen molar-refractivity contribution in [3.8, 4) is 17.3 Å². The van der Waals surface area contributed by atoms with Crippen LogP contribution in [0.1, 0.15) is 18.1 Å². The first-order chi connectivity index (χ1) is 12.7. The lowest BCUT2D eigenvalue weighted by molar-refractivity contribution is 0.585. The Balaban J connectivity index is 1.65. The van der Waals surface area contributed by atoms with E-state index in [0.29, 0.717) is 23.6 Å². The quantitative estimate of drug-likeness (QED) is 0.555. The number of benzene rings is 1. The SMILES string of the molecule is CCc1cnc(-c2ccn(Cc3ccccc3F)n2)nc1-n1ccnc1. The third kappa shape index (κ3) is 3.11. The third-order valence-corrected chi connectivity index (χ3v) is 4.13. The molecule has 0 fully saturated rings. The predicted molar refractivity (Wildman–Crippen MR) is 95.3 cm³/mol. The fraction of sp³-hybridized carbons (Fsp3) is 0.158. The van der Waals surface area contributed by atoms with Crippen LogP contribution in [0.4, 0.5) is 4.39 Å². The van der Waals surface area contributed by atoms with E-state index in [-0.39, 0.29) is 5.82 Å². The molecule has 0 aliphatic carbocycles. The topological polar surface area (TPSA) is 61.4 Å². The predicted octanol–water partition coefficient (Wildman–Crippen LogP) is 3.28. The number of imidazole rings is 1. The van der Waals surface area contributed by atoms with Gasteiger partial charge < -0.3 is 0 Å². The minimum Gasteiger partial charge on any atom is -0.290 e. The summed E-state index contributed by atoms with van der Waals surface area (Å²) in [5, 5.41) is 4.49. The van der Waals surface area contributed by atoms with Crippen molar-refractivity contribution in [1.82, 2.24) is 29.3 Å². The molecule has 0 bridgehead atoms. The van der Waals surface area contributed by atoms with Gasteiger partial charge in [0.2, 0.25) is 0 Å². The lowest BCUT2D eigenvalue weighted by Gasteiger charge is -2.08. The highest BCUT2D eigenvalue weighted by Crippen LogP contribution is 2.18. The average molecular weight is 348 g/mol. The maximum atomic E-state index is 13.8. The molecule has 0 amide bonds. The van der Waals surface area contributed by atoms with Crippen LogP contribution in [0.5, 0.6) is 0 Å². The average Bonchev–Trinajstić information content (AvgIpc) is 3.35. The van der Waals surface area contributed by atoms with Gasteiger partial charge in [-0.3, -0.25) is 9.25 Å². The van der Waals surface area contributed by atoms with Crippen molar-refractivity contribution in [2.75, 3.05) is 0 Å². The minimum absolute atomic E-state index is 0.240. The first kappa shape index (κ1) is 16.1. The summed E-state index contributed by atoms with van der Waals surface area (Å²) >= 11 is 0. The van der Waals surface area contributed by atoms with Crippen LogP contribution in [0, 0.1) is 5.82 Å². The van der Waals surface area contributed by atoms with E-state index in [1.165, 1.54) is 6.07 Å². The molecule has 0 spiro atoms. The van der Waals surface area contributed by atoms with E-state index in [4.69, 9.17) is 0 Å². The molecule has 0 aliphatic heterocycles. The highest BCUT2D eigenvalue weighted by Gasteiger charge is 2.12. The van der Waals surface area contributed by atoms with E-state index in [9.17, 15) is 4.39 Å². The molecule has 26 heavy (non-hydrogen) atoms. The molecule has 0 aliphatic rings.